The Hall–Kier alpha value is -2.42. The van der Waals surface area contributed by atoms with Gasteiger partial charge in [0.05, 0.1) is 0 Å². The number of aromatic nitrogens is 1. The van der Waals surface area contributed by atoms with Gasteiger partial charge in [0.1, 0.15) is 5.75 Å². The van der Waals surface area contributed by atoms with Crippen LogP contribution < -0.4 is 5.32 Å². The van der Waals surface area contributed by atoms with Crippen molar-refractivity contribution in [2.75, 3.05) is 5.32 Å². The standard InChI is InChI=1S/C18H20N2O/c1-12-10-14(13(2)20(12)3)11-19-17-8-4-7-16-15(17)6-5-9-18(16)21/h4-10,19,21H,11H2,1-3H3. The van der Waals surface area contributed by atoms with Gasteiger partial charge in [-0.05, 0) is 37.6 Å². The minimum absolute atomic E-state index is 0.322. The SMILES string of the molecule is Cc1cc(CNc2cccc3c(O)cccc23)c(C)n1C. The van der Waals surface area contributed by atoms with Crippen LogP contribution in [0.15, 0.2) is 42.5 Å². The van der Waals surface area contributed by atoms with Gasteiger partial charge in [0.2, 0.25) is 0 Å². The lowest BCUT2D eigenvalue weighted by molar-refractivity contribution is 0.481. The van der Waals surface area contributed by atoms with E-state index in [0.29, 0.717) is 5.75 Å². The lowest BCUT2D eigenvalue weighted by Gasteiger charge is -2.11. The van der Waals surface area contributed by atoms with Crippen molar-refractivity contribution in [3.63, 3.8) is 0 Å². The number of aryl methyl sites for hydroxylation is 1. The molecule has 1 aromatic heterocycles. The second kappa shape index (κ2) is 5.17. The first-order valence-electron chi connectivity index (χ1n) is 7.14. The lowest BCUT2D eigenvalue weighted by atomic mass is 10.1. The van der Waals surface area contributed by atoms with E-state index in [1.54, 1.807) is 6.07 Å². The van der Waals surface area contributed by atoms with Gasteiger partial charge >= 0.3 is 0 Å². The molecule has 3 aromatic rings. The molecule has 0 spiro atoms. The number of fused-ring (bicyclic) bond motifs is 1. The first kappa shape index (κ1) is 13.6. The summed E-state index contributed by atoms with van der Waals surface area (Å²) in [7, 11) is 2.09. The predicted molar refractivity (Wildman–Crippen MR) is 87.8 cm³/mol. The van der Waals surface area contributed by atoms with Crippen molar-refractivity contribution >= 4 is 16.5 Å². The van der Waals surface area contributed by atoms with E-state index in [-0.39, 0.29) is 0 Å². The van der Waals surface area contributed by atoms with Gasteiger partial charge in [-0.25, -0.2) is 0 Å². The largest absolute Gasteiger partial charge is 0.507 e. The second-order valence-corrected chi connectivity index (χ2v) is 5.49. The molecule has 0 radical (unpaired) electrons. The van der Waals surface area contributed by atoms with Gasteiger partial charge in [0.25, 0.3) is 0 Å². The van der Waals surface area contributed by atoms with Gasteiger partial charge in [-0.3, -0.25) is 0 Å². The third kappa shape index (κ3) is 2.35. The van der Waals surface area contributed by atoms with Crippen molar-refractivity contribution < 1.29 is 5.11 Å². The number of phenolic OH excluding ortho intramolecular Hbond substituents is 1. The van der Waals surface area contributed by atoms with Crippen LogP contribution in [-0.2, 0) is 13.6 Å². The topological polar surface area (TPSA) is 37.2 Å². The smallest absolute Gasteiger partial charge is 0.123 e. The summed E-state index contributed by atoms with van der Waals surface area (Å²) in [6, 6.07) is 13.8. The molecule has 2 N–H and O–H groups in total. The molecule has 0 amide bonds. The van der Waals surface area contributed by atoms with E-state index in [9.17, 15) is 5.11 Å². The average molecular weight is 280 g/mol. The van der Waals surface area contributed by atoms with Gasteiger partial charge in [-0.1, -0.05) is 24.3 Å². The summed E-state index contributed by atoms with van der Waals surface area (Å²) >= 11 is 0. The zero-order chi connectivity index (χ0) is 15.0. The molecule has 2 aromatic carbocycles. The number of anilines is 1. The number of hydrogen-bond donors (Lipinski definition) is 2. The van der Waals surface area contributed by atoms with E-state index < -0.39 is 0 Å². The fourth-order valence-electron chi connectivity index (χ4n) is 2.75. The highest BCUT2D eigenvalue weighted by Gasteiger charge is 2.07. The molecule has 0 bridgehead atoms. The van der Waals surface area contributed by atoms with Crippen LogP contribution in [0.5, 0.6) is 5.75 Å². The Morgan fingerprint density at radius 1 is 1.05 bits per heavy atom. The van der Waals surface area contributed by atoms with E-state index >= 15 is 0 Å². The Bertz CT molecular complexity index is 802. The summed E-state index contributed by atoms with van der Waals surface area (Å²) in [5.41, 5.74) is 4.89. The fraction of sp³-hybridized carbons (Fsp3) is 0.222. The molecule has 3 nitrogen and oxygen atoms in total. The Balaban J connectivity index is 1.92. The van der Waals surface area contributed by atoms with Gasteiger partial charge in [-0.15, -0.1) is 0 Å². The molecule has 0 saturated heterocycles. The number of benzene rings is 2. The summed E-state index contributed by atoms with van der Waals surface area (Å²) in [4.78, 5) is 0. The van der Waals surface area contributed by atoms with E-state index in [0.717, 1.165) is 23.0 Å². The Morgan fingerprint density at radius 3 is 2.48 bits per heavy atom. The van der Waals surface area contributed by atoms with Crippen LogP contribution in [0.2, 0.25) is 0 Å². The molecule has 0 aliphatic rings. The Morgan fingerprint density at radius 2 is 1.76 bits per heavy atom. The quantitative estimate of drug-likeness (QED) is 0.757. The van der Waals surface area contributed by atoms with Crippen LogP contribution in [-0.4, -0.2) is 9.67 Å². The van der Waals surface area contributed by atoms with Crippen LogP contribution in [0.3, 0.4) is 0 Å². The van der Waals surface area contributed by atoms with Crippen molar-refractivity contribution in [1.82, 2.24) is 4.57 Å². The van der Waals surface area contributed by atoms with Gasteiger partial charge < -0.3 is 15.0 Å². The van der Waals surface area contributed by atoms with Crippen molar-refractivity contribution in [3.05, 3.63) is 59.4 Å². The third-order valence-electron chi connectivity index (χ3n) is 4.25. The van der Waals surface area contributed by atoms with E-state index in [1.165, 1.54) is 17.0 Å². The zero-order valence-electron chi connectivity index (χ0n) is 12.6. The minimum Gasteiger partial charge on any atom is -0.507 e. The molecule has 3 rings (SSSR count). The van der Waals surface area contributed by atoms with Crippen LogP contribution in [0.4, 0.5) is 5.69 Å². The molecule has 0 saturated carbocycles. The molecule has 21 heavy (non-hydrogen) atoms. The van der Waals surface area contributed by atoms with Crippen molar-refractivity contribution in [1.29, 1.82) is 0 Å². The molecule has 0 unspecified atom stereocenters. The van der Waals surface area contributed by atoms with Crippen molar-refractivity contribution in [2.24, 2.45) is 7.05 Å². The highest BCUT2D eigenvalue weighted by atomic mass is 16.3. The minimum atomic E-state index is 0.322. The molecular formula is C18H20N2O. The van der Waals surface area contributed by atoms with E-state index in [1.807, 2.05) is 30.3 Å². The monoisotopic (exact) mass is 280 g/mol. The molecule has 3 heteroatoms. The van der Waals surface area contributed by atoms with Crippen LogP contribution in [0.25, 0.3) is 10.8 Å². The fourth-order valence-corrected chi connectivity index (χ4v) is 2.75. The highest BCUT2D eigenvalue weighted by molar-refractivity contribution is 5.97. The molecule has 0 atom stereocenters. The number of phenols is 1. The number of hydrogen-bond acceptors (Lipinski definition) is 2. The van der Waals surface area contributed by atoms with Crippen LogP contribution >= 0.6 is 0 Å². The maximum absolute atomic E-state index is 9.93. The summed E-state index contributed by atoms with van der Waals surface area (Å²) in [6.07, 6.45) is 0. The van der Waals surface area contributed by atoms with Crippen molar-refractivity contribution in [3.8, 4) is 5.75 Å². The number of rotatable bonds is 3. The zero-order valence-corrected chi connectivity index (χ0v) is 12.6. The van der Waals surface area contributed by atoms with E-state index in [4.69, 9.17) is 0 Å². The molecule has 1 heterocycles. The second-order valence-electron chi connectivity index (χ2n) is 5.49. The first-order valence-corrected chi connectivity index (χ1v) is 7.14. The van der Waals surface area contributed by atoms with E-state index in [2.05, 4.69) is 36.8 Å². The Kier molecular flexibility index (Phi) is 3.34. The average Bonchev–Trinajstić information content (AvgIpc) is 2.73. The Labute approximate surface area is 124 Å². The number of nitrogens with zero attached hydrogens (tertiary/aromatic N) is 1. The maximum Gasteiger partial charge on any atom is 0.123 e. The number of nitrogens with one attached hydrogen (secondary N) is 1. The summed E-state index contributed by atoms with van der Waals surface area (Å²) < 4.78 is 2.20. The third-order valence-corrected chi connectivity index (χ3v) is 4.25. The van der Waals surface area contributed by atoms with Gasteiger partial charge in [-0.2, -0.15) is 0 Å². The molecule has 0 aliphatic heterocycles. The van der Waals surface area contributed by atoms with Gasteiger partial charge in [0.15, 0.2) is 0 Å². The van der Waals surface area contributed by atoms with Gasteiger partial charge in [0, 0.05) is 41.4 Å². The summed E-state index contributed by atoms with van der Waals surface area (Å²) in [6.45, 7) is 5.04. The molecular weight excluding hydrogens is 260 g/mol. The normalized spacial score (nSPS) is 11.0. The molecule has 0 aliphatic carbocycles. The summed E-state index contributed by atoms with van der Waals surface area (Å²) in [5, 5.41) is 15.3. The lowest BCUT2D eigenvalue weighted by Crippen LogP contribution is -2.01. The van der Waals surface area contributed by atoms with Crippen LogP contribution in [0, 0.1) is 13.8 Å². The maximum atomic E-state index is 9.93. The van der Waals surface area contributed by atoms with Crippen LogP contribution in [0.1, 0.15) is 17.0 Å². The highest BCUT2D eigenvalue weighted by Crippen LogP contribution is 2.30. The van der Waals surface area contributed by atoms with Crippen molar-refractivity contribution in [2.45, 2.75) is 20.4 Å². The molecule has 0 fully saturated rings. The molecule has 108 valence electrons. The summed E-state index contributed by atoms with van der Waals surface area (Å²) in [5.74, 6) is 0.322. The predicted octanol–water partition coefficient (Wildman–Crippen LogP) is 4.11. The first-order chi connectivity index (χ1) is 10.1. The number of aromatic hydroxyl groups is 1.